The number of anilines is 2. The minimum atomic E-state index is 0.330. The fourth-order valence-corrected chi connectivity index (χ4v) is 4.29. The number of aryl methyl sites for hydroxylation is 1. The number of fused-ring (bicyclic) bond motifs is 1. The molecule has 1 heterocycles. The first-order valence-electron chi connectivity index (χ1n) is 11.3. The Morgan fingerprint density at radius 1 is 1.13 bits per heavy atom. The van der Waals surface area contributed by atoms with Crippen LogP contribution in [0.3, 0.4) is 0 Å². The molecule has 0 saturated heterocycles. The number of nitrogens with zero attached hydrogens (tertiary/aromatic N) is 1. The van der Waals surface area contributed by atoms with Gasteiger partial charge in [-0.1, -0.05) is 69.4 Å². The zero-order chi connectivity index (χ0) is 22.6. The molecule has 0 unspecified atom stereocenters. The van der Waals surface area contributed by atoms with Gasteiger partial charge < -0.3 is 5.32 Å². The van der Waals surface area contributed by atoms with Crippen molar-refractivity contribution in [2.45, 2.75) is 54.5 Å². The zero-order valence-electron chi connectivity index (χ0n) is 20.2. The molecule has 2 aromatic carbocycles. The highest BCUT2D eigenvalue weighted by Crippen LogP contribution is 2.31. The first-order valence-corrected chi connectivity index (χ1v) is 11.3. The lowest BCUT2D eigenvalue weighted by Gasteiger charge is -2.34. The van der Waals surface area contributed by atoms with Crippen molar-refractivity contribution >= 4 is 16.9 Å². The van der Waals surface area contributed by atoms with E-state index >= 15 is 0 Å². The summed E-state index contributed by atoms with van der Waals surface area (Å²) in [5, 5.41) is 3.72. The van der Waals surface area contributed by atoms with Crippen molar-refractivity contribution in [1.29, 1.82) is 0 Å². The van der Waals surface area contributed by atoms with E-state index in [4.69, 9.17) is 0 Å². The van der Waals surface area contributed by atoms with Crippen LogP contribution in [-0.4, -0.2) is 18.0 Å². The molecule has 0 atom stereocenters. The van der Waals surface area contributed by atoms with Gasteiger partial charge >= 0.3 is 0 Å². The van der Waals surface area contributed by atoms with E-state index in [0.29, 0.717) is 5.41 Å². The predicted molar refractivity (Wildman–Crippen MR) is 137 cm³/mol. The highest BCUT2D eigenvalue weighted by atomic mass is 15.1. The summed E-state index contributed by atoms with van der Waals surface area (Å²) in [6.07, 6.45) is 7.28. The van der Waals surface area contributed by atoms with Crippen molar-refractivity contribution in [3.8, 4) is 0 Å². The highest BCUT2D eigenvalue weighted by Gasteiger charge is 2.22. The fourth-order valence-electron chi connectivity index (χ4n) is 4.29. The number of allylic oxidation sites excluding steroid dienone is 5. The smallest absolute Gasteiger partial charge is 0.0420 e. The van der Waals surface area contributed by atoms with E-state index in [1.807, 2.05) is 6.08 Å². The summed E-state index contributed by atoms with van der Waals surface area (Å²) < 4.78 is 0. The van der Waals surface area contributed by atoms with Gasteiger partial charge in [0.15, 0.2) is 0 Å². The van der Waals surface area contributed by atoms with E-state index in [-0.39, 0.29) is 0 Å². The lowest BCUT2D eigenvalue weighted by molar-refractivity contribution is 0.177. The van der Waals surface area contributed by atoms with Crippen molar-refractivity contribution < 1.29 is 0 Å². The number of hydrogen-bond acceptors (Lipinski definition) is 2. The lowest BCUT2D eigenvalue weighted by Crippen LogP contribution is -2.37. The summed E-state index contributed by atoms with van der Waals surface area (Å²) in [6.45, 7) is 20.5. The molecule has 164 valence electrons. The molecule has 2 nitrogen and oxygen atoms in total. The molecule has 0 saturated carbocycles. The molecule has 0 spiro atoms. The molecule has 0 aromatic heterocycles. The molecular formula is C29H38N2. The Hall–Kier alpha value is -2.58. The van der Waals surface area contributed by atoms with Crippen LogP contribution < -0.4 is 5.32 Å². The van der Waals surface area contributed by atoms with Gasteiger partial charge in [0.05, 0.1) is 0 Å². The van der Waals surface area contributed by atoms with Crippen molar-refractivity contribution in [3.05, 3.63) is 89.0 Å². The quantitative estimate of drug-likeness (QED) is 0.488. The van der Waals surface area contributed by atoms with Crippen molar-refractivity contribution in [1.82, 2.24) is 4.90 Å². The van der Waals surface area contributed by atoms with Crippen LogP contribution in [0.5, 0.6) is 0 Å². The number of rotatable bonds is 6. The molecule has 0 bridgehead atoms. The third-order valence-electron chi connectivity index (χ3n) is 5.90. The van der Waals surface area contributed by atoms with Crippen LogP contribution in [-0.2, 0) is 13.0 Å². The SMILES string of the molecule is C=C/C(C)=C\C=C(/C)c1cc(Nc2cccc3c2CCN(CC(C)(C)C)C3)ccc1C. The van der Waals surface area contributed by atoms with Crippen molar-refractivity contribution in [3.63, 3.8) is 0 Å². The molecule has 31 heavy (non-hydrogen) atoms. The van der Waals surface area contributed by atoms with Gasteiger partial charge in [-0.05, 0) is 78.6 Å². The highest BCUT2D eigenvalue weighted by molar-refractivity contribution is 5.74. The van der Waals surface area contributed by atoms with E-state index in [1.165, 1.54) is 39.1 Å². The number of nitrogens with one attached hydrogen (secondary N) is 1. The Kier molecular flexibility index (Phi) is 7.23. The Balaban J connectivity index is 1.83. The van der Waals surface area contributed by atoms with E-state index in [0.717, 1.165) is 31.7 Å². The summed E-state index contributed by atoms with van der Waals surface area (Å²) in [5.41, 5.74) is 10.6. The largest absolute Gasteiger partial charge is 0.355 e. The molecule has 2 aromatic rings. The molecular weight excluding hydrogens is 376 g/mol. The third-order valence-corrected chi connectivity index (χ3v) is 5.90. The van der Waals surface area contributed by atoms with Crippen LogP contribution in [0.2, 0.25) is 0 Å². The molecule has 0 aliphatic carbocycles. The maximum absolute atomic E-state index is 3.84. The second-order valence-electron chi connectivity index (χ2n) is 10.1. The Morgan fingerprint density at radius 3 is 2.61 bits per heavy atom. The standard InChI is InChI=1S/C29H38N2/c1-8-21(2)12-13-22(3)27-18-25(15-14-23(27)4)30-28-11-9-10-24-19-31(17-16-26(24)28)20-29(5,6)7/h8-15,18,30H,1,16-17,19-20H2,2-7H3/b21-12-,22-13+. The number of benzene rings is 2. The van der Waals surface area contributed by atoms with Gasteiger partial charge in [0.1, 0.15) is 0 Å². The van der Waals surface area contributed by atoms with Crippen molar-refractivity contribution in [2.24, 2.45) is 5.41 Å². The van der Waals surface area contributed by atoms with E-state index in [2.05, 4.69) is 107 Å². The topological polar surface area (TPSA) is 15.3 Å². The molecule has 0 amide bonds. The summed E-state index contributed by atoms with van der Waals surface area (Å²) in [5.74, 6) is 0. The van der Waals surface area contributed by atoms with Crippen LogP contribution >= 0.6 is 0 Å². The summed E-state index contributed by atoms with van der Waals surface area (Å²) in [6, 6.07) is 13.4. The van der Waals surface area contributed by atoms with Gasteiger partial charge in [-0.15, -0.1) is 0 Å². The number of hydrogen-bond donors (Lipinski definition) is 1. The molecule has 1 aliphatic rings. The second kappa shape index (κ2) is 9.70. The Bertz CT molecular complexity index is 1000. The molecule has 3 rings (SSSR count). The first-order chi connectivity index (χ1) is 14.7. The van der Waals surface area contributed by atoms with E-state index in [9.17, 15) is 0 Å². The predicted octanol–water partition coefficient (Wildman–Crippen LogP) is 7.68. The van der Waals surface area contributed by atoms with Crippen LogP contribution in [0, 0.1) is 12.3 Å². The van der Waals surface area contributed by atoms with Gasteiger partial charge in [-0.3, -0.25) is 4.90 Å². The van der Waals surface area contributed by atoms with E-state index in [1.54, 1.807) is 0 Å². The Morgan fingerprint density at radius 2 is 1.90 bits per heavy atom. The maximum Gasteiger partial charge on any atom is 0.0420 e. The zero-order valence-corrected chi connectivity index (χ0v) is 20.2. The fraction of sp³-hybridized carbons (Fsp3) is 0.379. The molecule has 1 aliphatic heterocycles. The minimum absolute atomic E-state index is 0.330. The van der Waals surface area contributed by atoms with Crippen LogP contribution in [0.15, 0.2) is 66.8 Å². The second-order valence-corrected chi connectivity index (χ2v) is 10.1. The normalized spacial score (nSPS) is 15.5. The minimum Gasteiger partial charge on any atom is -0.355 e. The summed E-state index contributed by atoms with van der Waals surface area (Å²) >= 11 is 0. The van der Waals surface area contributed by atoms with Gasteiger partial charge in [0, 0.05) is 31.0 Å². The molecule has 0 fully saturated rings. The maximum atomic E-state index is 3.84. The van der Waals surface area contributed by atoms with Gasteiger partial charge in [-0.2, -0.15) is 0 Å². The average molecular weight is 415 g/mol. The third kappa shape index (κ3) is 6.21. The van der Waals surface area contributed by atoms with Crippen LogP contribution in [0.4, 0.5) is 11.4 Å². The Labute approximate surface area is 189 Å². The van der Waals surface area contributed by atoms with Crippen molar-refractivity contribution in [2.75, 3.05) is 18.4 Å². The van der Waals surface area contributed by atoms with Crippen LogP contribution in [0.25, 0.3) is 5.57 Å². The van der Waals surface area contributed by atoms with E-state index < -0.39 is 0 Å². The monoisotopic (exact) mass is 414 g/mol. The van der Waals surface area contributed by atoms with Gasteiger partial charge in [0.2, 0.25) is 0 Å². The summed E-state index contributed by atoms with van der Waals surface area (Å²) in [7, 11) is 0. The molecule has 2 heteroatoms. The first kappa shape index (κ1) is 23.1. The van der Waals surface area contributed by atoms with Gasteiger partial charge in [-0.25, -0.2) is 0 Å². The molecule has 0 radical (unpaired) electrons. The van der Waals surface area contributed by atoms with Crippen LogP contribution in [0.1, 0.15) is 56.9 Å². The van der Waals surface area contributed by atoms with Gasteiger partial charge in [0.25, 0.3) is 0 Å². The average Bonchev–Trinajstić information content (AvgIpc) is 2.72. The lowest BCUT2D eigenvalue weighted by atomic mass is 9.92. The summed E-state index contributed by atoms with van der Waals surface area (Å²) in [4.78, 5) is 2.59. The molecule has 1 N–H and O–H groups in total.